The molecule has 1 rings (SSSR count). The van der Waals surface area contributed by atoms with Crippen LogP contribution >= 0.6 is 0 Å². The predicted octanol–water partition coefficient (Wildman–Crippen LogP) is 2.42. The Bertz CT molecular complexity index is 200. The van der Waals surface area contributed by atoms with E-state index in [1.807, 2.05) is 0 Å². The quantitative estimate of drug-likeness (QED) is 0.589. The summed E-state index contributed by atoms with van der Waals surface area (Å²) in [5.41, 5.74) is 1.25. The first-order valence-corrected chi connectivity index (χ1v) is 4.56. The molecule has 0 aromatic heterocycles. The molecule has 0 aromatic carbocycles. The molecule has 1 heterocycles. The first-order chi connectivity index (χ1) is 5.86. The maximum Gasteiger partial charge on any atom is 0.0911 e. The lowest BCUT2D eigenvalue weighted by Gasteiger charge is -2.23. The van der Waals surface area contributed by atoms with E-state index in [1.54, 1.807) is 6.08 Å². The van der Waals surface area contributed by atoms with Gasteiger partial charge in [-0.1, -0.05) is 18.9 Å². The molecule has 0 aromatic rings. The number of rotatable bonds is 2. The number of hydrogen-bond donors (Lipinski definition) is 0. The summed E-state index contributed by atoms with van der Waals surface area (Å²) in [6.45, 7) is 2.95. The summed E-state index contributed by atoms with van der Waals surface area (Å²) in [7, 11) is 0. The molecule has 1 unspecified atom stereocenters. The van der Waals surface area contributed by atoms with Crippen LogP contribution in [0, 0.1) is 11.3 Å². The van der Waals surface area contributed by atoms with Crippen LogP contribution in [-0.2, 0) is 4.74 Å². The van der Waals surface area contributed by atoms with Crippen LogP contribution in [0.3, 0.4) is 0 Å². The van der Waals surface area contributed by atoms with Crippen molar-refractivity contribution >= 4 is 0 Å². The predicted molar refractivity (Wildman–Crippen MR) is 47.6 cm³/mol. The monoisotopic (exact) mass is 165 g/mol. The van der Waals surface area contributed by atoms with Crippen molar-refractivity contribution in [3.63, 3.8) is 0 Å². The second-order valence-electron chi connectivity index (χ2n) is 3.17. The van der Waals surface area contributed by atoms with E-state index in [4.69, 9.17) is 10.00 Å². The van der Waals surface area contributed by atoms with E-state index in [0.717, 1.165) is 32.3 Å². The lowest BCUT2D eigenvalue weighted by Crippen LogP contribution is -2.20. The van der Waals surface area contributed by atoms with Crippen molar-refractivity contribution in [3.8, 4) is 6.07 Å². The van der Waals surface area contributed by atoms with Crippen molar-refractivity contribution < 1.29 is 4.74 Å². The molecule has 0 radical (unpaired) electrons. The topological polar surface area (TPSA) is 33.0 Å². The van der Waals surface area contributed by atoms with Gasteiger partial charge in [0.25, 0.3) is 0 Å². The summed E-state index contributed by atoms with van der Waals surface area (Å²) in [4.78, 5) is 0. The van der Waals surface area contributed by atoms with Crippen molar-refractivity contribution in [2.24, 2.45) is 0 Å². The zero-order chi connectivity index (χ0) is 8.81. The van der Waals surface area contributed by atoms with E-state index < -0.39 is 0 Å². The second-order valence-corrected chi connectivity index (χ2v) is 3.17. The Morgan fingerprint density at radius 2 is 2.58 bits per heavy atom. The summed E-state index contributed by atoms with van der Waals surface area (Å²) >= 11 is 0. The third-order valence-electron chi connectivity index (χ3n) is 2.15. The number of ether oxygens (including phenoxy) is 1. The Kier molecular flexibility index (Phi) is 3.83. The standard InChI is InChI=1S/C10H15NO/c1-2-3-10-8-9(4-6-11)5-7-12-10/h4,10H,2-3,5,7-8H2,1H3. The molecular formula is C10H15NO. The highest BCUT2D eigenvalue weighted by Crippen LogP contribution is 2.21. The van der Waals surface area contributed by atoms with Gasteiger partial charge in [0.05, 0.1) is 18.8 Å². The van der Waals surface area contributed by atoms with E-state index in [9.17, 15) is 0 Å². The van der Waals surface area contributed by atoms with E-state index in [2.05, 4.69) is 13.0 Å². The zero-order valence-electron chi connectivity index (χ0n) is 7.55. The van der Waals surface area contributed by atoms with E-state index in [-0.39, 0.29) is 0 Å². The Hall–Kier alpha value is -0.810. The van der Waals surface area contributed by atoms with Crippen LogP contribution in [0.4, 0.5) is 0 Å². The first-order valence-electron chi connectivity index (χ1n) is 4.56. The Labute approximate surface area is 73.8 Å². The highest BCUT2D eigenvalue weighted by atomic mass is 16.5. The smallest absolute Gasteiger partial charge is 0.0911 e. The van der Waals surface area contributed by atoms with Crippen molar-refractivity contribution in [2.45, 2.75) is 38.7 Å². The van der Waals surface area contributed by atoms with E-state index >= 15 is 0 Å². The largest absolute Gasteiger partial charge is 0.378 e. The van der Waals surface area contributed by atoms with Gasteiger partial charge in [-0.2, -0.15) is 5.26 Å². The number of allylic oxidation sites excluding steroid dienone is 1. The minimum atomic E-state index is 0.364. The first kappa shape index (κ1) is 9.28. The van der Waals surface area contributed by atoms with E-state index in [0.29, 0.717) is 6.10 Å². The summed E-state index contributed by atoms with van der Waals surface area (Å²) < 4.78 is 5.54. The minimum absolute atomic E-state index is 0.364. The molecule has 2 heteroatoms. The number of nitriles is 1. The lowest BCUT2D eigenvalue weighted by molar-refractivity contribution is 0.0302. The Morgan fingerprint density at radius 1 is 1.75 bits per heavy atom. The third kappa shape index (κ3) is 2.67. The van der Waals surface area contributed by atoms with Gasteiger partial charge in [0.1, 0.15) is 0 Å². The summed E-state index contributed by atoms with van der Waals surface area (Å²) in [6, 6.07) is 2.08. The average Bonchev–Trinajstić information content (AvgIpc) is 2.06. The highest BCUT2D eigenvalue weighted by Gasteiger charge is 2.15. The zero-order valence-corrected chi connectivity index (χ0v) is 7.55. The molecular weight excluding hydrogens is 150 g/mol. The van der Waals surface area contributed by atoms with Crippen LogP contribution in [0.15, 0.2) is 11.6 Å². The van der Waals surface area contributed by atoms with Crippen LogP contribution in [0.25, 0.3) is 0 Å². The Balaban J connectivity index is 2.41. The molecule has 2 nitrogen and oxygen atoms in total. The second kappa shape index (κ2) is 4.95. The van der Waals surface area contributed by atoms with Crippen LogP contribution in [0.2, 0.25) is 0 Å². The molecule has 12 heavy (non-hydrogen) atoms. The normalized spacial score (nSPS) is 27.0. The van der Waals surface area contributed by atoms with Crippen LogP contribution in [-0.4, -0.2) is 12.7 Å². The maximum absolute atomic E-state index is 8.47. The van der Waals surface area contributed by atoms with Gasteiger partial charge in [-0.05, 0) is 19.3 Å². The number of hydrogen-bond acceptors (Lipinski definition) is 2. The van der Waals surface area contributed by atoms with E-state index in [1.165, 1.54) is 5.57 Å². The van der Waals surface area contributed by atoms with Gasteiger partial charge in [-0.15, -0.1) is 0 Å². The molecule has 1 aliphatic heterocycles. The van der Waals surface area contributed by atoms with Crippen molar-refractivity contribution in [2.75, 3.05) is 6.61 Å². The van der Waals surface area contributed by atoms with Crippen molar-refractivity contribution in [1.82, 2.24) is 0 Å². The van der Waals surface area contributed by atoms with Gasteiger partial charge in [-0.25, -0.2) is 0 Å². The van der Waals surface area contributed by atoms with Crippen LogP contribution < -0.4 is 0 Å². The summed E-state index contributed by atoms with van der Waals surface area (Å²) in [5, 5.41) is 8.47. The summed E-state index contributed by atoms with van der Waals surface area (Å²) in [6.07, 6.45) is 6.21. The molecule has 66 valence electrons. The molecule has 0 spiro atoms. The fourth-order valence-electron chi connectivity index (χ4n) is 1.54. The van der Waals surface area contributed by atoms with Crippen molar-refractivity contribution in [3.05, 3.63) is 11.6 Å². The molecule has 1 atom stereocenters. The highest BCUT2D eigenvalue weighted by molar-refractivity contribution is 5.15. The van der Waals surface area contributed by atoms with Crippen molar-refractivity contribution in [1.29, 1.82) is 5.26 Å². The average molecular weight is 165 g/mol. The van der Waals surface area contributed by atoms with Crippen LogP contribution in [0.5, 0.6) is 0 Å². The van der Waals surface area contributed by atoms with Gasteiger partial charge in [-0.3, -0.25) is 0 Å². The van der Waals surface area contributed by atoms with Gasteiger partial charge in [0, 0.05) is 6.08 Å². The fraction of sp³-hybridized carbons (Fsp3) is 0.700. The molecule has 1 aliphatic rings. The van der Waals surface area contributed by atoms with Gasteiger partial charge in [0.2, 0.25) is 0 Å². The molecule has 1 saturated heterocycles. The van der Waals surface area contributed by atoms with Gasteiger partial charge >= 0.3 is 0 Å². The third-order valence-corrected chi connectivity index (χ3v) is 2.15. The fourth-order valence-corrected chi connectivity index (χ4v) is 1.54. The Morgan fingerprint density at radius 3 is 3.25 bits per heavy atom. The SMILES string of the molecule is CCCC1CC(=CC#N)CCO1. The van der Waals surface area contributed by atoms with Crippen LogP contribution in [0.1, 0.15) is 32.6 Å². The number of nitrogens with zero attached hydrogens (tertiary/aromatic N) is 1. The molecule has 0 N–H and O–H groups in total. The maximum atomic E-state index is 8.47. The van der Waals surface area contributed by atoms with Gasteiger partial charge < -0.3 is 4.74 Å². The molecule has 1 fully saturated rings. The van der Waals surface area contributed by atoms with Gasteiger partial charge in [0.15, 0.2) is 0 Å². The molecule has 0 amide bonds. The molecule has 0 bridgehead atoms. The molecule has 0 saturated carbocycles. The summed E-state index contributed by atoms with van der Waals surface area (Å²) in [5.74, 6) is 0. The minimum Gasteiger partial charge on any atom is -0.378 e. The molecule has 0 aliphatic carbocycles. The lowest BCUT2D eigenvalue weighted by atomic mass is 9.99.